The molecule has 1 aliphatic rings. The van der Waals surface area contributed by atoms with E-state index < -0.39 is 28.8 Å². The fourth-order valence-corrected chi connectivity index (χ4v) is 3.41. The van der Waals surface area contributed by atoms with Crippen LogP contribution >= 0.6 is 11.8 Å². The zero-order chi connectivity index (χ0) is 14.2. The van der Waals surface area contributed by atoms with Crippen molar-refractivity contribution in [2.24, 2.45) is 0 Å². The number of thioether (sulfide) groups is 1. The average Bonchev–Trinajstić information content (AvgIpc) is 2.72. The maximum absolute atomic E-state index is 14.4. The highest BCUT2D eigenvalue weighted by Crippen LogP contribution is 2.43. The van der Waals surface area contributed by atoms with Gasteiger partial charge in [-0.3, -0.25) is 4.79 Å². The zero-order valence-corrected chi connectivity index (χ0v) is 11.3. The number of methoxy groups -OCH3 is 1. The van der Waals surface area contributed by atoms with Crippen molar-refractivity contribution in [1.82, 2.24) is 0 Å². The first-order chi connectivity index (χ1) is 8.95. The Bertz CT molecular complexity index is 507. The summed E-state index contributed by atoms with van der Waals surface area (Å²) < 4.78 is 45.7. The van der Waals surface area contributed by atoms with Gasteiger partial charge in [-0.05, 0) is 19.1 Å². The van der Waals surface area contributed by atoms with Crippen molar-refractivity contribution in [3.05, 3.63) is 29.3 Å². The molecule has 0 amide bonds. The molecule has 3 unspecified atom stereocenters. The second kappa shape index (κ2) is 5.45. The van der Waals surface area contributed by atoms with E-state index in [1.54, 1.807) is 6.92 Å². The Kier molecular flexibility index (Phi) is 4.08. The highest BCUT2D eigenvalue weighted by Gasteiger charge is 2.37. The van der Waals surface area contributed by atoms with Crippen LogP contribution in [-0.4, -0.2) is 23.4 Å². The molecule has 1 aliphatic heterocycles. The van der Waals surface area contributed by atoms with E-state index in [0.717, 1.165) is 19.2 Å². The fraction of sp³-hybridized carbons (Fsp3) is 0.462. The van der Waals surface area contributed by atoms with E-state index in [1.807, 2.05) is 0 Å². The smallest absolute Gasteiger partial charge is 0.200 e. The van der Waals surface area contributed by atoms with E-state index in [4.69, 9.17) is 4.74 Å². The first kappa shape index (κ1) is 14.2. The first-order valence-electron chi connectivity index (χ1n) is 5.79. The summed E-state index contributed by atoms with van der Waals surface area (Å²) in [5, 5.41) is -0.846. The lowest BCUT2D eigenvalue weighted by Crippen LogP contribution is -2.11. The van der Waals surface area contributed by atoms with Crippen LogP contribution in [0.2, 0.25) is 0 Å². The second-order valence-corrected chi connectivity index (χ2v) is 5.96. The molecule has 0 bridgehead atoms. The molecule has 0 N–H and O–H groups in total. The minimum atomic E-state index is -1.57. The number of benzene rings is 1. The molecule has 0 saturated carbocycles. The molecule has 104 valence electrons. The Labute approximate surface area is 113 Å². The van der Waals surface area contributed by atoms with Crippen molar-refractivity contribution in [2.45, 2.75) is 30.0 Å². The second-order valence-electron chi connectivity index (χ2n) is 4.37. The van der Waals surface area contributed by atoms with Crippen molar-refractivity contribution >= 4 is 17.5 Å². The molecule has 2 nitrogen and oxygen atoms in total. The molecule has 1 saturated heterocycles. The van der Waals surface area contributed by atoms with Gasteiger partial charge in [0, 0.05) is 17.2 Å². The topological polar surface area (TPSA) is 26.3 Å². The Morgan fingerprint density at radius 2 is 2.11 bits per heavy atom. The van der Waals surface area contributed by atoms with Gasteiger partial charge < -0.3 is 4.74 Å². The van der Waals surface area contributed by atoms with Crippen LogP contribution in [-0.2, 0) is 4.79 Å². The highest BCUT2D eigenvalue weighted by atomic mass is 32.2. The molecule has 1 aromatic carbocycles. The number of carbonyl (C=O) groups excluding carboxylic acids is 1. The van der Waals surface area contributed by atoms with Gasteiger partial charge >= 0.3 is 0 Å². The number of alkyl halides is 1. The number of hydrogen-bond acceptors (Lipinski definition) is 3. The summed E-state index contributed by atoms with van der Waals surface area (Å²) >= 11 is 1.21. The number of ether oxygens (including phenoxy) is 1. The Balaban J connectivity index is 2.32. The summed E-state index contributed by atoms with van der Waals surface area (Å²) in [4.78, 5) is 11.4. The lowest BCUT2D eigenvalue weighted by Gasteiger charge is -2.18. The molecule has 19 heavy (non-hydrogen) atoms. The largest absolute Gasteiger partial charge is 0.493 e. The summed E-state index contributed by atoms with van der Waals surface area (Å²) in [6.07, 6.45) is -1.47. The van der Waals surface area contributed by atoms with Gasteiger partial charge in [-0.2, -0.15) is 4.39 Å². The van der Waals surface area contributed by atoms with E-state index in [0.29, 0.717) is 0 Å². The monoisotopic (exact) mass is 290 g/mol. The van der Waals surface area contributed by atoms with Gasteiger partial charge in [0.1, 0.15) is 12.0 Å². The predicted molar refractivity (Wildman–Crippen MR) is 67.2 cm³/mol. The zero-order valence-electron chi connectivity index (χ0n) is 10.5. The van der Waals surface area contributed by atoms with Crippen molar-refractivity contribution in [3.8, 4) is 5.75 Å². The molecule has 1 heterocycles. The number of Topliss-reactive ketones (excluding diaryl/α,β-unsaturated/α-hetero) is 1. The Hall–Kier alpha value is -1.17. The molecule has 0 aliphatic carbocycles. The van der Waals surface area contributed by atoms with Crippen LogP contribution in [0.5, 0.6) is 5.75 Å². The highest BCUT2D eigenvalue weighted by molar-refractivity contribution is 8.01. The van der Waals surface area contributed by atoms with Gasteiger partial charge in [0.15, 0.2) is 11.6 Å². The summed E-state index contributed by atoms with van der Waals surface area (Å²) in [5.74, 6) is -2.75. The van der Waals surface area contributed by atoms with Crippen molar-refractivity contribution in [3.63, 3.8) is 0 Å². The molecule has 2 rings (SSSR count). The third kappa shape index (κ3) is 2.59. The number of halogens is 3. The van der Waals surface area contributed by atoms with Crippen LogP contribution in [0.3, 0.4) is 0 Å². The molecule has 0 aromatic heterocycles. The van der Waals surface area contributed by atoms with Crippen LogP contribution < -0.4 is 4.74 Å². The molecule has 1 aromatic rings. The minimum absolute atomic E-state index is 0.0285. The van der Waals surface area contributed by atoms with Crippen LogP contribution in [0.4, 0.5) is 13.2 Å². The average molecular weight is 290 g/mol. The summed E-state index contributed by atoms with van der Waals surface area (Å²) in [5.41, 5.74) is -0.0548. The number of rotatable bonds is 3. The molecule has 0 radical (unpaired) electrons. The molecular weight excluding hydrogens is 277 g/mol. The molecule has 0 spiro atoms. The lowest BCUT2D eigenvalue weighted by atomic mass is 10.0. The van der Waals surface area contributed by atoms with Crippen molar-refractivity contribution < 1.29 is 22.7 Å². The third-order valence-electron chi connectivity index (χ3n) is 3.14. The third-order valence-corrected chi connectivity index (χ3v) is 4.57. The normalized spacial score (nSPS) is 24.6. The fourth-order valence-electron chi connectivity index (χ4n) is 2.09. The van der Waals surface area contributed by atoms with Crippen LogP contribution in [0.25, 0.3) is 0 Å². The standard InChI is InChI=1S/C13H13F3O2S/c1-6-9(17)5-10(19-6)11(15)7-3-4-8(14)12(16)13(7)18-2/h3-4,6,10-11H,5H2,1-2H3. The maximum Gasteiger partial charge on any atom is 0.200 e. The summed E-state index contributed by atoms with van der Waals surface area (Å²) in [7, 11) is 1.16. The van der Waals surface area contributed by atoms with Crippen LogP contribution in [0, 0.1) is 11.6 Å². The van der Waals surface area contributed by atoms with E-state index in [-0.39, 0.29) is 23.0 Å². The van der Waals surface area contributed by atoms with E-state index in [9.17, 15) is 18.0 Å². The molecule has 3 atom stereocenters. The SMILES string of the molecule is COc1c(C(F)C2CC(=O)C(C)S2)ccc(F)c1F. The molecular formula is C13H13F3O2S. The number of carbonyl (C=O) groups is 1. The van der Waals surface area contributed by atoms with E-state index in [1.165, 1.54) is 11.8 Å². The van der Waals surface area contributed by atoms with Crippen molar-refractivity contribution in [2.75, 3.05) is 7.11 Å². The van der Waals surface area contributed by atoms with E-state index >= 15 is 0 Å². The maximum atomic E-state index is 14.4. The Morgan fingerprint density at radius 1 is 1.42 bits per heavy atom. The van der Waals surface area contributed by atoms with Gasteiger partial charge in [0.2, 0.25) is 5.82 Å². The van der Waals surface area contributed by atoms with Gasteiger partial charge in [0.05, 0.1) is 12.4 Å². The first-order valence-corrected chi connectivity index (χ1v) is 6.74. The van der Waals surface area contributed by atoms with Crippen molar-refractivity contribution in [1.29, 1.82) is 0 Å². The number of ketones is 1. The van der Waals surface area contributed by atoms with Gasteiger partial charge in [0.25, 0.3) is 0 Å². The van der Waals surface area contributed by atoms with Crippen LogP contribution in [0.15, 0.2) is 12.1 Å². The molecule has 1 fully saturated rings. The number of hydrogen-bond donors (Lipinski definition) is 0. The predicted octanol–water partition coefficient (Wildman–Crippen LogP) is 3.45. The van der Waals surface area contributed by atoms with E-state index in [2.05, 4.69) is 0 Å². The molecule has 6 heteroatoms. The summed E-state index contributed by atoms with van der Waals surface area (Å²) in [6, 6.07) is 2.03. The van der Waals surface area contributed by atoms with Gasteiger partial charge in [-0.1, -0.05) is 0 Å². The summed E-state index contributed by atoms with van der Waals surface area (Å²) in [6.45, 7) is 1.71. The van der Waals surface area contributed by atoms with Crippen LogP contribution in [0.1, 0.15) is 25.1 Å². The lowest BCUT2D eigenvalue weighted by molar-refractivity contribution is -0.117. The minimum Gasteiger partial charge on any atom is -0.493 e. The quantitative estimate of drug-likeness (QED) is 0.853. The van der Waals surface area contributed by atoms with Gasteiger partial charge in [-0.15, -0.1) is 11.8 Å². The Morgan fingerprint density at radius 3 is 2.63 bits per heavy atom. The van der Waals surface area contributed by atoms with Gasteiger partial charge in [-0.25, -0.2) is 8.78 Å².